The number of anilines is 1. The zero-order chi connectivity index (χ0) is 29.8. The van der Waals surface area contributed by atoms with Gasteiger partial charge < -0.3 is 10.2 Å². The third-order valence-corrected chi connectivity index (χ3v) is 8.86. The fourth-order valence-electron chi connectivity index (χ4n) is 3.88. The molecule has 0 aliphatic carbocycles. The summed E-state index contributed by atoms with van der Waals surface area (Å²) in [6, 6.07) is 16.5. The quantitative estimate of drug-likeness (QED) is 0.295. The Kier molecular flexibility index (Phi) is 10.2. The summed E-state index contributed by atoms with van der Waals surface area (Å²) >= 11 is 18.8. The van der Waals surface area contributed by atoms with Crippen molar-refractivity contribution in [3.63, 3.8) is 0 Å². The molecule has 0 aromatic heterocycles. The molecule has 0 fully saturated rings. The largest absolute Gasteiger partial charge is 0.350 e. The highest BCUT2D eigenvalue weighted by Gasteiger charge is 2.33. The molecule has 40 heavy (non-hydrogen) atoms. The Bertz CT molecular complexity index is 1490. The first-order valence-electron chi connectivity index (χ1n) is 12.5. The highest BCUT2D eigenvalue weighted by atomic mass is 35.5. The Balaban J connectivity index is 2.07. The van der Waals surface area contributed by atoms with Crippen molar-refractivity contribution >= 4 is 62.3 Å². The van der Waals surface area contributed by atoms with E-state index >= 15 is 0 Å². The second-order valence-corrected chi connectivity index (χ2v) is 13.5. The maximum Gasteiger partial charge on any atom is 0.264 e. The van der Waals surface area contributed by atoms with Crippen molar-refractivity contribution in [1.82, 2.24) is 10.2 Å². The molecule has 0 heterocycles. The van der Waals surface area contributed by atoms with E-state index in [1.807, 2.05) is 20.8 Å². The smallest absolute Gasteiger partial charge is 0.264 e. The number of sulfonamides is 1. The Morgan fingerprint density at radius 3 is 2.15 bits per heavy atom. The number of carbonyl (C=O) groups excluding carboxylic acids is 2. The van der Waals surface area contributed by atoms with Crippen LogP contribution in [0.15, 0.2) is 71.6 Å². The zero-order valence-electron chi connectivity index (χ0n) is 22.9. The van der Waals surface area contributed by atoms with Crippen LogP contribution in [-0.2, 0) is 26.2 Å². The molecule has 3 rings (SSSR count). The number of amides is 2. The van der Waals surface area contributed by atoms with Gasteiger partial charge in [0.1, 0.15) is 12.6 Å². The highest BCUT2D eigenvalue weighted by molar-refractivity contribution is 7.92. The summed E-state index contributed by atoms with van der Waals surface area (Å²) in [4.78, 5) is 28.5. The van der Waals surface area contributed by atoms with Crippen LogP contribution >= 0.6 is 34.8 Å². The number of rotatable bonds is 9. The Morgan fingerprint density at radius 2 is 1.57 bits per heavy atom. The van der Waals surface area contributed by atoms with E-state index in [1.54, 1.807) is 62.4 Å². The van der Waals surface area contributed by atoms with Gasteiger partial charge in [-0.2, -0.15) is 0 Å². The lowest BCUT2D eigenvalue weighted by Crippen LogP contribution is -2.54. The zero-order valence-corrected chi connectivity index (χ0v) is 26.0. The van der Waals surface area contributed by atoms with Gasteiger partial charge in [0.15, 0.2) is 0 Å². The third-order valence-electron chi connectivity index (χ3n) is 6.07. The normalized spacial score (nSPS) is 12.5. The lowest BCUT2D eigenvalue weighted by molar-refractivity contribution is -0.140. The summed E-state index contributed by atoms with van der Waals surface area (Å²) in [6.45, 7) is 8.22. The van der Waals surface area contributed by atoms with Crippen molar-refractivity contribution < 1.29 is 18.0 Å². The van der Waals surface area contributed by atoms with Gasteiger partial charge >= 0.3 is 0 Å². The molecule has 2 amide bonds. The molecule has 11 heteroatoms. The van der Waals surface area contributed by atoms with E-state index in [2.05, 4.69) is 5.32 Å². The Hall–Kier alpha value is -2.78. The highest BCUT2D eigenvalue weighted by Crippen LogP contribution is 2.29. The van der Waals surface area contributed by atoms with Gasteiger partial charge in [-0.05, 0) is 82.1 Å². The lowest BCUT2D eigenvalue weighted by Gasteiger charge is -2.33. The second-order valence-electron chi connectivity index (χ2n) is 10.4. The summed E-state index contributed by atoms with van der Waals surface area (Å²) < 4.78 is 28.7. The topological polar surface area (TPSA) is 86.8 Å². The molecule has 3 aromatic carbocycles. The van der Waals surface area contributed by atoms with Crippen molar-refractivity contribution in [2.75, 3.05) is 10.8 Å². The van der Waals surface area contributed by atoms with Gasteiger partial charge in [-0.15, -0.1) is 0 Å². The summed E-state index contributed by atoms with van der Waals surface area (Å²) in [5.74, 6) is -1.01. The molecule has 1 unspecified atom stereocenters. The molecule has 0 saturated heterocycles. The number of aryl methyl sites for hydroxylation is 1. The maximum absolute atomic E-state index is 14.0. The Labute approximate surface area is 251 Å². The third kappa shape index (κ3) is 7.91. The molecule has 0 bridgehead atoms. The fourth-order valence-corrected chi connectivity index (χ4v) is 5.95. The van der Waals surface area contributed by atoms with Crippen LogP contribution < -0.4 is 9.62 Å². The van der Waals surface area contributed by atoms with Gasteiger partial charge in [0.05, 0.1) is 10.6 Å². The van der Waals surface area contributed by atoms with Gasteiger partial charge in [0, 0.05) is 27.2 Å². The number of halogens is 3. The fraction of sp³-hybridized carbons (Fsp3) is 0.310. The predicted octanol–water partition coefficient (Wildman–Crippen LogP) is 6.48. The second kappa shape index (κ2) is 12.8. The van der Waals surface area contributed by atoms with Crippen molar-refractivity contribution in [1.29, 1.82) is 0 Å². The molecule has 3 aromatic rings. The van der Waals surface area contributed by atoms with E-state index in [-0.39, 0.29) is 17.1 Å². The molecule has 0 aliphatic rings. The number of benzene rings is 3. The summed E-state index contributed by atoms with van der Waals surface area (Å²) in [5.41, 5.74) is 0.953. The molecule has 0 spiro atoms. The van der Waals surface area contributed by atoms with Gasteiger partial charge in [0.25, 0.3) is 10.0 Å². The number of hydrogen-bond acceptors (Lipinski definition) is 4. The molecule has 0 radical (unpaired) electrons. The monoisotopic (exact) mass is 623 g/mol. The Morgan fingerprint density at radius 1 is 0.925 bits per heavy atom. The minimum absolute atomic E-state index is 0.00492. The average Bonchev–Trinajstić information content (AvgIpc) is 2.87. The maximum atomic E-state index is 14.0. The number of carbonyl (C=O) groups is 2. The van der Waals surface area contributed by atoms with Crippen LogP contribution in [0.1, 0.15) is 38.8 Å². The molecule has 0 aliphatic heterocycles. The molecule has 1 atom stereocenters. The first kappa shape index (κ1) is 31.7. The van der Waals surface area contributed by atoms with E-state index in [9.17, 15) is 18.0 Å². The summed E-state index contributed by atoms with van der Waals surface area (Å²) in [7, 11) is -4.19. The van der Waals surface area contributed by atoms with Crippen LogP contribution in [0, 0.1) is 6.92 Å². The van der Waals surface area contributed by atoms with E-state index in [0.717, 1.165) is 9.87 Å². The minimum Gasteiger partial charge on any atom is -0.350 e. The van der Waals surface area contributed by atoms with E-state index in [4.69, 9.17) is 34.8 Å². The standard InChI is InChI=1S/C29H32Cl3N3O4S/c1-19-11-14-23(16-25(19)31)35(40(38,39)24-9-7-6-8-10-24)18-27(36)34(20(2)28(37)33-29(3,4)5)17-21-12-13-22(30)15-26(21)32/h6-16,20H,17-18H2,1-5H3,(H,33,37). The van der Waals surface area contributed by atoms with Crippen LogP contribution in [0.3, 0.4) is 0 Å². The molecule has 214 valence electrons. The van der Waals surface area contributed by atoms with Gasteiger partial charge in [0.2, 0.25) is 11.8 Å². The molecule has 7 nitrogen and oxygen atoms in total. The van der Waals surface area contributed by atoms with E-state index < -0.39 is 40.0 Å². The summed E-state index contributed by atoms with van der Waals surface area (Å²) in [5, 5.41) is 3.96. The van der Waals surface area contributed by atoms with Gasteiger partial charge in [-0.25, -0.2) is 8.42 Å². The average molecular weight is 625 g/mol. The van der Waals surface area contributed by atoms with Crippen molar-refractivity contribution in [2.45, 2.75) is 57.6 Å². The first-order valence-corrected chi connectivity index (χ1v) is 15.1. The van der Waals surface area contributed by atoms with Gasteiger partial charge in [-0.1, -0.05) is 65.1 Å². The number of hydrogen-bond donors (Lipinski definition) is 1. The molecule has 0 saturated carbocycles. The molecule has 1 N–H and O–H groups in total. The van der Waals surface area contributed by atoms with E-state index in [0.29, 0.717) is 20.6 Å². The van der Waals surface area contributed by atoms with Crippen molar-refractivity contribution in [2.24, 2.45) is 0 Å². The van der Waals surface area contributed by atoms with E-state index in [1.165, 1.54) is 23.1 Å². The SMILES string of the molecule is Cc1ccc(N(CC(=O)N(Cc2ccc(Cl)cc2Cl)C(C)C(=O)NC(C)(C)C)S(=O)(=O)c2ccccc2)cc1Cl. The van der Waals surface area contributed by atoms with Crippen LogP contribution in [0.2, 0.25) is 15.1 Å². The van der Waals surface area contributed by atoms with Gasteiger partial charge in [-0.3, -0.25) is 13.9 Å². The molecular formula is C29H32Cl3N3O4S. The van der Waals surface area contributed by atoms with Crippen LogP contribution in [-0.4, -0.2) is 43.3 Å². The first-order chi connectivity index (χ1) is 18.6. The lowest BCUT2D eigenvalue weighted by atomic mass is 10.1. The van der Waals surface area contributed by atoms with Crippen LogP contribution in [0.5, 0.6) is 0 Å². The molecular weight excluding hydrogens is 593 g/mol. The summed E-state index contributed by atoms with van der Waals surface area (Å²) in [6.07, 6.45) is 0. The van der Waals surface area contributed by atoms with Crippen molar-refractivity contribution in [3.05, 3.63) is 92.9 Å². The minimum atomic E-state index is -4.19. The predicted molar refractivity (Wildman–Crippen MR) is 162 cm³/mol. The number of nitrogens with one attached hydrogen (secondary N) is 1. The number of nitrogens with zero attached hydrogens (tertiary/aromatic N) is 2. The van der Waals surface area contributed by atoms with Crippen LogP contribution in [0.25, 0.3) is 0 Å². The van der Waals surface area contributed by atoms with Crippen LogP contribution in [0.4, 0.5) is 5.69 Å². The van der Waals surface area contributed by atoms with Crippen molar-refractivity contribution in [3.8, 4) is 0 Å².